The van der Waals surface area contributed by atoms with E-state index >= 15 is 0 Å². The number of para-hydroxylation sites is 2. The maximum Gasteiger partial charge on any atom is 0.165 e. The first-order chi connectivity index (χ1) is 28.3. The predicted molar refractivity (Wildman–Crippen MR) is 236 cm³/mol. The lowest BCUT2D eigenvalue weighted by atomic mass is 9.97. The number of nitrogens with zero attached hydrogens (tertiary/aromatic N) is 4. The molecule has 0 aliphatic carbocycles. The highest BCUT2D eigenvalue weighted by atomic mass is 32.1. The number of benzene rings is 8. The molecule has 0 saturated carbocycles. The molecule has 0 bridgehead atoms. The molecule has 12 aromatic rings. The summed E-state index contributed by atoms with van der Waals surface area (Å²) in [4.78, 5) is 15.1. The average Bonchev–Trinajstić information content (AvgIpc) is 3.96. The number of hydrogen-bond acceptors (Lipinski definition) is 5. The molecule has 4 aromatic heterocycles. The van der Waals surface area contributed by atoms with Gasteiger partial charge in [-0.05, 0) is 59.7 Å². The van der Waals surface area contributed by atoms with Crippen LogP contribution in [0.3, 0.4) is 0 Å². The van der Waals surface area contributed by atoms with Crippen LogP contribution in [0.5, 0.6) is 0 Å². The predicted octanol–water partition coefficient (Wildman–Crippen LogP) is 13.9. The van der Waals surface area contributed by atoms with E-state index in [1.807, 2.05) is 60.7 Å². The van der Waals surface area contributed by atoms with E-state index in [1.54, 1.807) is 11.3 Å². The van der Waals surface area contributed by atoms with Crippen LogP contribution in [-0.4, -0.2) is 19.5 Å². The maximum absolute atomic E-state index is 6.57. The van der Waals surface area contributed by atoms with Crippen LogP contribution in [0.15, 0.2) is 186 Å². The molecule has 8 aromatic carbocycles. The SMILES string of the molecule is c1ccc(-c2nc(-c3ccccc3)nc(-c3cccc4c3sc3cccc(-c5ccc6oc7cccc(-n8c9ccccc9c9ccccc98)c7c6c5)c34)n2)cc1. The van der Waals surface area contributed by atoms with E-state index in [-0.39, 0.29) is 0 Å². The van der Waals surface area contributed by atoms with Crippen molar-refractivity contribution >= 4 is 75.3 Å². The second-order valence-electron chi connectivity index (χ2n) is 14.3. The van der Waals surface area contributed by atoms with E-state index < -0.39 is 0 Å². The first-order valence-corrected chi connectivity index (χ1v) is 19.8. The van der Waals surface area contributed by atoms with Crippen LogP contribution < -0.4 is 0 Å². The molecule has 0 radical (unpaired) electrons. The Morgan fingerprint density at radius 3 is 1.72 bits per heavy atom. The summed E-state index contributed by atoms with van der Waals surface area (Å²) in [5, 5.41) is 7.05. The van der Waals surface area contributed by atoms with Gasteiger partial charge in [-0.1, -0.05) is 133 Å². The molecule has 0 aliphatic heterocycles. The molecule has 6 heteroatoms. The van der Waals surface area contributed by atoms with E-state index in [4.69, 9.17) is 19.4 Å². The van der Waals surface area contributed by atoms with Gasteiger partial charge in [0.2, 0.25) is 0 Å². The Morgan fingerprint density at radius 2 is 1.00 bits per heavy atom. The van der Waals surface area contributed by atoms with Crippen molar-refractivity contribution in [2.75, 3.05) is 0 Å². The highest BCUT2D eigenvalue weighted by molar-refractivity contribution is 7.26. The zero-order chi connectivity index (χ0) is 37.5. The van der Waals surface area contributed by atoms with Crippen molar-refractivity contribution in [3.63, 3.8) is 0 Å². The van der Waals surface area contributed by atoms with Gasteiger partial charge < -0.3 is 8.98 Å². The highest BCUT2D eigenvalue weighted by Crippen LogP contribution is 2.45. The van der Waals surface area contributed by atoms with Crippen LogP contribution in [-0.2, 0) is 0 Å². The molecule has 12 rings (SSSR count). The first-order valence-electron chi connectivity index (χ1n) is 19.0. The summed E-state index contributed by atoms with van der Waals surface area (Å²) in [6.07, 6.45) is 0. The topological polar surface area (TPSA) is 56.7 Å². The minimum absolute atomic E-state index is 0.652. The molecule has 4 heterocycles. The zero-order valence-corrected chi connectivity index (χ0v) is 31.2. The molecular weight excluding hydrogens is 717 g/mol. The molecule has 57 heavy (non-hydrogen) atoms. The Bertz CT molecular complexity index is 3420. The van der Waals surface area contributed by atoms with Crippen LogP contribution in [0.1, 0.15) is 0 Å². The van der Waals surface area contributed by atoms with Crippen LogP contribution in [0, 0.1) is 0 Å². The summed E-state index contributed by atoms with van der Waals surface area (Å²) < 4.78 is 11.3. The number of rotatable bonds is 5. The quantitative estimate of drug-likeness (QED) is 0.176. The van der Waals surface area contributed by atoms with Crippen molar-refractivity contribution in [3.05, 3.63) is 182 Å². The van der Waals surface area contributed by atoms with Gasteiger partial charge in [0.25, 0.3) is 0 Å². The fourth-order valence-electron chi connectivity index (χ4n) is 8.54. The zero-order valence-electron chi connectivity index (χ0n) is 30.4. The normalized spacial score (nSPS) is 11.9. The molecule has 0 atom stereocenters. The van der Waals surface area contributed by atoms with Gasteiger partial charge in [-0.3, -0.25) is 0 Å². The molecule has 0 N–H and O–H groups in total. The van der Waals surface area contributed by atoms with Crippen molar-refractivity contribution in [1.29, 1.82) is 0 Å². The van der Waals surface area contributed by atoms with Gasteiger partial charge in [-0.15, -0.1) is 11.3 Å². The standard InChI is InChI=1S/C51H30N4OS/c1-3-14-31(15-4-1)49-52-50(32-16-5-2-6-17-32)54-51(53-49)38-22-11-21-37-46-34(20-12-27-45(46)57-48(37)38)33-28-29-43-39(30-33)47-42(25-13-26-44(47)56-43)55-40-23-9-7-18-35(40)36-19-8-10-24-41(36)55/h1-30H. The fourth-order valence-corrected chi connectivity index (χ4v) is 9.78. The van der Waals surface area contributed by atoms with Gasteiger partial charge in [-0.2, -0.15) is 0 Å². The van der Waals surface area contributed by atoms with Crippen molar-refractivity contribution in [1.82, 2.24) is 19.5 Å². The lowest BCUT2D eigenvalue weighted by Crippen LogP contribution is -2.00. The van der Waals surface area contributed by atoms with Gasteiger partial charge in [0.1, 0.15) is 11.2 Å². The Morgan fingerprint density at radius 1 is 0.404 bits per heavy atom. The largest absolute Gasteiger partial charge is 0.456 e. The van der Waals surface area contributed by atoms with Gasteiger partial charge >= 0.3 is 0 Å². The third-order valence-corrected chi connectivity index (χ3v) is 12.3. The van der Waals surface area contributed by atoms with E-state index in [0.29, 0.717) is 17.5 Å². The second kappa shape index (κ2) is 12.6. The van der Waals surface area contributed by atoms with Crippen molar-refractivity contribution in [2.24, 2.45) is 0 Å². The Labute approximate surface area is 330 Å². The Balaban J connectivity index is 1.06. The smallest absolute Gasteiger partial charge is 0.165 e. The van der Waals surface area contributed by atoms with E-state index in [2.05, 4.69) is 126 Å². The third-order valence-electron chi connectivity index (χ3n) is 11.1. The Hall–Kier alpha value is -7.41. The second-order valence-corrected chi connectivity index (χ2v) is 15.4. The molecule has 0 amide bonds. The lowest BCUT2D eigenvalue weighted by molar-refractivity contribution is 0.669. The summed E-state index contributed by atoms with van der Waals surface area (Å²) in [7, 11) is 0. The minimum atomic E-state index is 0.652. The molecule has 266 valence electrons. The van der Waals surface area contributed by atoms with Gasteiger partial charge in [0.15, 0.2) is 17.5 Å². The number of thiophene rings is 1. The van der Waals surface area contributed by atoms with Crippen molar-refractivity contribution < 1.29 is 4.42 Å². The van der Waals surface area contributed by atoms with Gasteiger partial charge in [0, 0.05) is 53.0 Å². The van der Waals surface area contributed by atoms with E-state index in [9.17, 15) is 0 Å². The lowest BCUT2D eigenvalue weighted by Gasteiger charge is -2.10. The molecule has 5 nitrogen and oxygen atoms in total. The molecule has 0 unspecified atom stereocenters. The molecule has 0 spiro atoms. The molecular formula is C51H30N4OS. The van der Waals surface area contributed by atoms with E-state index in [0.717, 1.165) is 54.6 Å². The number of aromatic nitrogens is 4. The van der Waals surface area contributed by atoms with Gasteiger partial charge in [-0.25, -0.2) is 15.0 Å². The monoisotopic (exact) mass is 746 g/mol. The highest BCUT2D eigenvalue weighted by Gasteiger charge is 2.21. The van der Waals surface area contributed by atoms with Crippen molar-refractivity contribution in [3.8, 4) is 51.0 Å². The summed E-state index contributed by atoms with van der Waals surface area (Å²) in [5.74, 6) is 1.96. The molecule has 0 fully saturated rings. The minimum Gasteiger partial charge on any atom is -0.456 e. The third kappa shape index (κ3) is 4.98. The van der Waals surface area contributed by atoms with Crippen LogP contribution >= 0.6 is 11.3 Å². The number of furan rings is 1. The molecule has 0 aliphatic rings. The van der Waals surface area contributed by atoms with Crippen LogP contribution in [0.25, 0.3) is 115 Å². The fraction of sp³-hybridized carbons (Fsp3) is 0. The van der Waals surface area contributed by atoms with Crippen LogP contribution in [0.2, 0.25) is 0 Å². The molecule has 0 saturated heterocycles. The first kappa shape index (κ1) is 31.9. The van der Waals surface area contributed by atoms with E-state index in [1.165, 1.54) is 42.8 Å². The summed E-state index contributed by atoms with van der Waals surface area (Å²) >= 11 is 1.78. The van der Waals surface area contributed by atoms with Crippen LogP contribution in [0.4, 0.5) is 0 Å². The number of hydrogen-bond donors (Lipinski definition) is 0. The van der Waals surface area contributed by atoms with Crippen molar-refractivity contribution in [2.45, 2.75) is 0 Å². The number of fused-ring (bicyclic) bond motifs is 9. The summed E-state index contributed by atoms with van der Waals surface area (Å²) in [6.45, 7) is 0. The summed E-state index contributed by atoms with van der Waals surface area (Å²) in [6, 6.07) is 63.7. The maximum atomic E-state index is 6.57. The summed E-state index contributed by atoms with van der Waals surface area (Å²) in [5.41, 5.74) is 10.4. The average molecular weight is 747 g/mol. The Kier molecular flexibility index (Phi) is 7.03. The van der Waals surface area contributed by atoms with Gasteiger partial charge in [0.05, 0.1) is 22.1 Å².